The molecule has 2 aromatic carbocycles. The average molecular weight is 460 g/mol. The maximum absolute atomic E-state index is 13.2. The summed E-state index contributed by atoms with van der Waals surface area (Å²) < 4.78 is 11.3. The third-order valence-electron chi connectivity index (χ3n) is 4.65. The summed E-state index contributed by atoms with van der Waals surface area (Å²) in [7, 11) is 1.47. The summed E-state index contributed by atoms with van der Waals surface area (Å²) in [5, 5.41) is 15.7. The number of hydroxylamine groups is 1. The van der Waals surface area contributed by atoms with Crippen molar-refractivity contribution in [2.24, 2.45) is 0 Å². The number of nitrogens with zero attached hydrogens (tertiary/aromatic N) is 1. The first-order valence-electron chi connectivity index (χ1n) is 9.00. The number of methoxy groups -OCH3 is 1. The summed E-state index contributed by atoms with van der Waals surface area (Å²) in [6.45, 7) is 1.39. The van der Waals surface area contributed by atoms with Gasteiger partial charge in [0, 0.05) is 23.4 Å². The van der Waals surface area contributed by atoms with Crippen molar-refractivity contribution < 1.29 is 23.8 Å². The number of benzene rings is 2. The molecular weight excluding hydrogens is 445 g/mol. The summed E-state index contributed by atoms with van der Waals surface area (Å²) in [5.74, 6) is -0.690. The van der Waals surface area contributed by atoms with Gasteiger partial charge in [-0.1, -0.05) is 23.2 Å². The van der Waals surface area contributed by atoms with Crippen LogP contribution in [0.2, 0.25) is 10.0 Å². The quantitative estimate of drug-likeness (QED) is 0.444. The molecule has 158 valence electrons. The number of carbonyl (C=O) groups is 2. The van der Waals surface area contributed by atoms with E-state index in [1.54, 1.807) is 18.2 Å². The molecule has 1 atom stereocenters. The lowest BCUT2D eigenvalue weighted by molar-refractivity contribution is -0.679. The number of fused-ring (bicyclic) bond motifs is 3. The van der Waals surface area contributed by atoms with Crippen LogP contribution in [-0.4, -0.2) is 23.9 Å². The van der Waals surface area contributed by atoms with Crippen LogP contribution in [0.25, 0.3) is 21.9 Å². The highest BCUT2D eigenvalue weighted by Crippen LogP contribution is 2.38. The Morgan fingerprint density at radius 1 is 1.16 bits per heavy atom. The molecule has 0 fully saturated rings. The van der Waals surface area contributed by atoms with Crippen LogP contribution in [0.5, 0.6) is 5.75 Å². The highest BCUT2D eigenvalue weighted by Gasteiger charge is 2.27. The first-order valence-corrected chi connectivity index (χ1v) is 9.76. The number of halogens is 2. The van der Waals surface area contributed by atoms with Crippen LogP contribution in [-0.2, 0) is 4.79 Å². The molecule has 31 heavy (non-hydrogen) atoms. The van der Waals surface area contributed by atoms with Crippen LogP contribution in [0.3, 0.4) is 0 Å². The molecule has 0 aliphatic rings. The van der Waals surface area contributed by atoms with E-state index in [4.69, 9.17) is 32.4 Å². The lowest BCUT2D eigenvalue weighted by Crippen LogP contribution is -3.05. The zero-order chi connectivity index (χ0) is 22.3. The Balaban J connectivity index is 1.94. The zero-order valence-corrected chi connectivity index (χ0v) is 17.8. The maximum Gasteiger partial charge on any atom is 0.350 e. The predicted octanol–water partition coefficient (Wildman–Crippen LogP) is 4.11. The lowest BCUT2D eigenvalue weighted by atomic mass is 10.0. The molecule has 2 amide bonds. The first kappa shape index (κ1) is 21.1. The SMILES string of the molecule is COc1ccc(C(=O)[NH+]([O-])c2c(Cl)cncc2Cl)c2c1oc1ccc(NC(C)=O)cc12. The fraction of sp³-hybridized carbons (Fsp3) is 0.0952. The molecule has 10 heteroatoms. The molecule has 0 spiro atoms. The van der Waals surface area contributed by atoms with Crippen LogP contribution in [0.1, 0.15) is 17.3 Å². The molecule has 2 N–H and O–H groups in total. The second-order valence-electron chi connectivity index (χ2n) is 6.65. The normalized spacial score (nSPS) is 12.2. The monoisotopic (exact) mass is 459 g/mol. The standard InChI is InChI=1S/C21H15Cl2N3O5/c1-10(27)25-11-3-5-16-13(7-11)18-12(4-6-17(30-2)20(18)31-16)21(28)26(29)19-14(22)8-24-9-15(19)23/h3-9,26H,1-2H3,(H,25,27). The van der Waals surface area contributed by atoms with Gasteiger partial charge in [-0.2, -0.15) is 0 Å². The van der Waals surface area contributed by atoms with Gasteiger partial charge in [0.25, 0.3) is 0 Å². The molecule has 0 saturated carbocycles. The molecule has 2 heterocycles. The van der Waals surface area contributed by atoms with Gasteiger partial charge in [-0.25, -0.2) is 4.79 Å². The lowest BCUT2D eigenvalue weighted by Gasteiger charge is -2.21. The number of quaternary nitrogens is 1. The largest absolute Gasteiger partial charge is 0.621 e. The zero-order valence-electron chi connectivity index (χ0n) is 16.3. The van der Waals surface area contributed by atoms with E-state index in [2.05, 4.69) is 10.3 Å². The summed E-state index contributed by atoms with van der Waals surface area (Å²) >= 11 is 12.1. The Morgan fingerprint density at radius 3 is 2.52 bits per heavy atom. The minimum absolute atomic E-state index is 0.0272. The van der Waals surface area contributed by atoms with Gasteiger partial charge in [0.05, 0.1) is 25.1 Å². The minimum atomic E-state index is -0.878. The van der Waals surface area contributed by atoms with E-state index < -0.39 is 11.0 Å². The van der Waals surface area contributed by atoms with Crippen LogP contribution >= 0.6 is 23.2 Å². The Morgan fingerprint density at radius 2 is 1.87 bits per heavy atom. The second kappa shape index (κ2) is 8.16. The van der Waals surface area contributed by atoms with E-state index in [0.717, 1.165) is 0 Å². The molecule has 0 aliphatic carbocycles. The van der Waals surface area contributed by atoms with E-state index in [1.165, 1.54) is 38.6 Å². The van der Waals surface area contributed by atoms with Gasteiger partial charge in [0.15, 0.2) is 17.0 Å². The Labute approximate surface area is 185 Å². The molecule has 4 aromatic rings. The van der Waals surface area contributed by atoms with Crippen LogP contribution in [0.15, 0.2) is 47.1 Å². The van der Waals surface area contributed by atoms with Crippen molar-refractivity contribution in [2.75, 3.05) is 12.4 Å². The summed E-state index contributed by atoms with van der Waals surface area (Å²) in [5.41, 5.74) is 1.22. The summed E-state index contributed by atoms with van der Waals surface area (Å²) in [6, 6.07) is 8.00. The van der Waals surface area contributed by atoms with Crippen LogP contribution in [0.4, 0.5) is 11.4 Å². The topological polar surface area (TPSA) is 109 Å². The molecule has 0 radical (unpaired) electrons. The minimum Gasteiger partial charge on any atom is -0.621 e. The summed E-state index contributed by atoms with van der Waals surface area (Å²) in [6.07, 6.45) is 2.48. The molecule has 4 rings (SSSR count). The highest BCUT2D eigenvalue weighted by atomic mass is 35.5. The highest BCUT2D eigenvalue weighted by molar-refractivity contribution is 6.38. The van der Waals surface area contributed by atoms with Gasteiger partial charge in [-0.15, -0.1) is 0 Å². The number of ether oxygens (including phenoxy) is 1. The molecule has 0 bridgehead atoms. The van der Waals surface area contributed by atoms with Gasteiger partial charge in [-0.3, -0.25) is 14.8 Å². The average Bonchev–Trinajstić information content (AvgIpc) is 3.11. The van der Waals surface area contributed by atoms with Crippen molar-refractivity contribution in [3.8, 4) is 5.75 Å². The van der Waals surface area contributed by atoms with E-state index >= 15 is 0 Å². The van der Waals surface area contributed by atoms with E-state index in [0.29, 0.717) is 33.4 Å². The molecule has 1 unspecified atom stereocenters. The van der Waals surface area contributed by atoms with Crippen molar-refractivity contribution in [2.45, 2.75) is 6.92 Å². The number of aromatic nitrogens is 1. The van der Waals surface area contributed by atoms with Crippen molar-refractivity contribution in [3.63, 3.8) is 0 Å². The number of pyridine rings is 1. The van der Waals surface area contributed by atoms with E-state index in [1.807, 2.05) is 0 Å². The van der Waals surface area contributed by atoms with E-state index in [-0.39, 0.29) is 27.2 Å². The van der Waals surface area contributed by atoms with E-state index in [9.17, 15) is 14.8 Å². The van der Waals surface area contributed by atoms with Crippen LogP contribution < -0.4 is 15.1 Å². The predicted molar refractivity (Wildman–Crippen MR) is 117 cm³/mol. The van der Waals surface area contributed by atoms with Gasteiger partial charge in [0.1, 0.15) is 15.6 Å². The molecular formula is C21H15Cl2N3O5. The van der Waals surface area contributed by atoms with Gasteiger partial charge >= 0.3 is 5.91 Å². The maximum atomic E-state index is 13.2. The Hall–Kier alpha value is -3.17. The fourth-order valence-electron chi connectivity index (χ4n) is 3.35. The third-order valence-corrected chi connectivity index (χ3v) is 5.23. The Kier molecular flexibility index (Phi) is 5.55. The van der Waals surface area contributed by atoms with Crippen LogP contribution in [0, 0.1) is 5.21 Å². The third kappa shape index (κ3) is 3.70. The number of carbonyl (C=O) groups excluding carboxylic acids is 2. The number of amides is 2. The van der Waals surface area contributed by atoms with Crippen molar-refractivity contribution in [1.82, 2.24) is 4.98 Å². The number of furan rings is 1. The fourth-order valence-corrected chi connectivity index (χ4v) is 3.89. The smallest absolute Gasteiger partial charge is 0.350 e. The second-order valence-corrected chi connectivity index (χ2v) is 7.46. The van der Waals surface area contributed by atoms with Crippen molar-refractivity contribution in [3.05, 3.63) is 63.5 Å². The number of nitrogens with one attached hydrogen (secondary N) is 2. The number of anilines is 1. The number of rotatable bonds is 4. The van der Waals surface area contributed by atoms with Gasteiger partial charge < -0.3 is 19.7 Å². The molecule has 0 saturated heterocycles. The first-order chi connectivity index (χ1) is 14.8. The molecule has 8 nitrogen and oxygen atoms in total. The molecule has 0 aliphatic heterocycles. The van der Waals surface area contributed by atoms with Gasteiger partial charge in [-0.05, 0) is 30.3 Å². The molecule has 2 aromatic heterocycles. The summed E-state index contributed by atoms with van der Waals surface area (Å²) in [4.78, 5) is 28.5. The number of hydrogen-bond acceptors (Lipinski definition) is 6. The van der Waals surface area contributed by atoms with Gasteiger partial charge in [0.2, 0.25) is 5.91 Å². The van der Waals surface area contributed by atoms with Crippen molar-refractivity contribution >= 4 is 68.3 Å². The number of hydrogen-bond donors (Lipinski definition) is 2. The van der Waals surface area contributed by atoms with Crippen molar-refractivity contribution in [1.29, 1.82) is 0 Å². The Bertz CT molecular complexity index is 1330.